The second kappa shape index (κ2) is 6.06. The fourth-order valence-corrected chi connectivity index (χ4v) is 3.04. The number of H-pyrrole nitrogens is 1. The number of aliphatic hydroxyl groups excluding tert-OH is 1. The molecule has 1 aromatic carbocycles. The first kappa shape index (κ1) is 15.0. The molecule has 0 spiro atoms. The highest BCUT2D eigenvalue weighted by Gasteiger charge is 2.33. The third kappa shape index (κ3) is 2.71. The lowest BCUT2D eigenvalue weighted by Crippen LogP contribution is -2.51. The summed E-state index contributed by atoms with van der Waals surface area (Å²) in [6, 6.07) is 5.93. The summed E-state index contributed by atoms with van der Waals surface area (Å²) in [6.07, 6.45) is 1.35. The molecule has 3 N–H and O–H groups in total. The summed E-state index contributed by atoms with van der Waals surface area (Å²) in [4.78, 5) is 15.1. The Morgan fingerprint density at radius 3 is 3.00 bits per heavy atom. The van der Waals surface area contributed by atoms with Crippen LogP contribution >= 0.6 is 0 Å². The summed E-state index contributed by atoms with van der Waals surface area (Å²) >= 11 is 0. The van der Waals surface area contributed by atoms with E-state index in [1.165, 1.54) is 6.07 Å². The molecular weight excluding hydrogens is 287 g/mol. The van der Waals surface area contributed by atoms with Crippen LogP contribution in [0.2, 0.25) is 0 Å². The first-order valence-corrected chi connectivity index (χ1v) is 7.39. The van der Waals surface area contributed by atoms with Gasteiger partial charge in [-0.1, -0.05) is 12.1 Å². The molecule has 5 nitrogen and oxygen atoms in total. The number of aromatic amines is 1. The first-order valence-electron chi connectivity index (χ1n) is 7.39. The molecule has 0 saturated heterocycles. The molecule has 0 unspecified atom stereocenters. The molecular formula is C16H19FN2O3. The largest absolute Gasteiger partial charge is 0.388 e. The summed E-state index contributed by atoms with van der Waals surface area (Å²) < 4.78 is 18.9. The van der Waals surface area contributed by atoms with Crippen molar-refractivity contribution in [1.29, 1.82) is 0 Å². The number of hydrogen-bond acceptors (Lipinski definition) is 3. The number of nitrogens with one attached hydrogen (secondary N) is 2. The van der Waals surface area contributed by atoms with Crippen molar-refractivity contribution in [3.05, 3.63) is 35.8 Å². The van der Waals surface area contributed by atoms with E-state index in [0.717, 1.165) is 12.8 Å². The molecule has 2 aromatic rings. The van der Waals surface area contributed by atoms with Crippen LogP contribution in [0.25, 0.3) is 10.9 Å². The zero-order valence-corrected chi connectivity index (χ0v) is 12.3. The van der Waals surface area contributed by atoms with E-state index in [0.29, 0.717) is 17.3 Å². The molecule has 1 saturated carbocycles. The quantitative estimate of drug-likeness (QED) is 0.811. The molecule has 1 aliphatic carbocycles. The van der Waals surface area contributed by atoms with Gasteiger partial charge in [-0.2, -0.15) is 0 Å². The Morgan fingerprint density at radius 1 is 1.45 bits per heavy atom. The van der Waals surface area contributed by atoms with Gasteiger partial charge in [-0.3, -0.25) is 4.79 Å². The van der Waals surface area contributed by atoms with Crippen LogP contribution in [0.4, 0.5) is 4.39 Å². The van der Waals surface area contributed by atoms with Crippen molar-refractivity contribution in [1.82, 2.24) is 10.3 Å². The van der Waals surface area contributed by atoms with Gasteiger partial charge in [0.05, 0.1) is 17.7 Å². The molecule has 118 valence electrons. The van der Waals surface area contributed by atoms with Gasteiger partial charge in [-0.25, -0.2) is 4.39 Å². The summed E-state index contributed by atoms with van der Waals surface area (Å²) in [6.45, 7) is 0. The van der Waals surface area contributed by atoms with Gasteiger partial charge in [0, 0.05) is 12.5 Å². The van der Waals surface area contributed by atoms with Crippen LogP contribution in [0, 0.1) is 5.82 Å². The van der Waals surface area contributed by atoms with Crippen LogP contribution in [-0.2, 0) is 4.74 Å². The Labute approximate surface area is 127 Å². The normalized spacial score (nSPS) is 25.3. The minimum Gasteiger partial charge on any atom is -0.388 e. The number of hydrogen-bond donors (Lipinski definition) is 3. The highest BCUT2D eigenvalue weighted by Crippen LogP contribution is 2.23. The standard InChI is InChI=1S/C16H19FN2O3/c1-22-13-7-3-6-11(15(13)20)19-16(21)12-8-9-4-2-5-10(17)14(9)18-12/h2,4-5,8,11,13,15,18,20H,3,6-7H2,1H3,(H,19,21)/t11-,13-,15-/m1/s1. The first-order chi connectivity index (χ1) is 10.6. The Bertz CT molecular complexity index is 685. The number of carbonyl (C=O) groups excluding carboxylic acids is 1. The third-order valence-electron chi connectivity index (χ3n) is 4.27. The van der Waals surface area contributed by atoms with E-state index < -0.39 is 11.9 Å². The molecule has 0 aliphatic heterocycles. The van der Waals surface area contributed by atoms with Crippen molar-refractivity contribution >= 4 is 16.8 Å². The topological polar surface area (TPSA) is 74.3 Å². The molecule has 3 atom stereocenters. The smallest absolute Gasteiger partial charge is 0.268 e. The highest BCUT2D eigenvalue weighted by atomic mass is 19.1. The van der Waals surface area contributed by atoms with Gasteiger partial charge >= 0.3 is 0 Å². The summed E-state index contributed by atoms with van der Waals surface area (Å²) in [5, 5.41) is 13.6. The number of amides is 1. The zero-order chi connectivity index (χ0) is 15.7. The number of aliphatic hydroxyl groups is 1. The molecule has 0 bridgehead atoms. The summed E-state index contributed by atoms with van der Waals surface area (Å²) in [5.74, 6) is -0.745. The number of carbonyl (C=O) groups is 1. The Morgan fingerprint density at radius 2 is 2.27 bits per heavy atom. The number of aromatic nitrogens is 1. The van der Waals surface area contributed by atoms with Crippen LogP contribution < -0.4 is 5.32 Å². The van der Waals surface area contributed by atoms with Crippen molar-refractivity contribution < 1.29 is 19.0 Å². The lowest BCUT2D eigenvalue weighted by atomic mass is 9.90. The maximum Gasteiger partial charge on any atom is 0.268 e. The van der Waals surface area contributed by atoms with Crippen molar-refractivity contribution in [3.8, 4) is 0 Å². The van der Waals surface area contributed by atoms with Crippen LogP contribution in [0.5, 0.6) is 0 Å². The number of rotatable bonds is 3. The summed E-state index contributed by atoms with van der Waals surface area (Å²) in [5.41, 5.74) is 0.596. The molecule has 3 rings (SSSR count). The number of benzene rings is 1. The van der Waals surface area contributed by atoms with Crippen molar-refractivity contribution in [2.24, 2.45) is 0 Å². The molecule has 1 fully saturated rings. The molecule has 1 amide bonds. The van der Waals surface area contributed by atoms with Gasteiger partial charge in [0.2, 0.25) is 0 Å². The molecule has 6 heteroatoms. The van der Waals surface area contributed by atoms with Gasteiger partial charge in [0.1, 0.15) is 17.6 Å². The van der Waals surface area contributed by atoms with E-state index in [2.05, 4.69) is 10.3 Å². The van der Waals surface area contributed by atoms with Gasteiger partial charge in [-0.15, -0.1) is 0 Å². The second-order valence-electron chi connectivity index (χ2n) is 5.66. The highest BCUT2D eigenvalue weighted by molar-refractivity contribution is 5.98. The number of methoxy groups -OCH3 is 1. The Kier molecular flexibility index (Phi) is 4.13. The van der Waals surface area contributed by atoms with Crippen LogP contribution in [0.1, 0.15) is 29.8 Å². The van der Waals surface area contributed by atoms with Crippen LogP contribution in [0.3, 0.4) is 0 Å². The predicted octanol–water partition coefficient (Wildman–Crippen LogP) is 1.97. The van der Waals surface area contributed by atoms with Crippen molar-refractivity contribution in [3.63, 3.8) is 0 Å². The average molecular weight is 306 g/mol. The van der Waals surface area contributed by atoms with E-state index in [1.807, 2.05) is 0 Å². The van der Waals surface area contributed by atoms with E-state index in [-0.39, 0.29) is 23.7 Å². The monoisotopic (exact) mass is 306 g/mol. The fraction of sp³-hybridized carbons (Fsp3) is 0.438. The Hall–Kier alpha value is -1.92. The molecule has 22 heavy (non-hydrogen) atoms. The van der Waals surface area contributed by atoms with Gasteiger partial charge in [0.25, 0.3) is 5.91 Å². The van der Waals surface area contributed by atoms with E-state index in [9.17, 15) is 14.3 Å². The van der Waals surface area contributed by atoms with E-state index >= 15 is 0 Å². The minimum absolute atomic E-state index is 0.265. The van der Waals surface area contributed by atoms with Crippen LogP contribution in [-0.4, -0.2) is 41.4 Å². The third-order valence-corrected chi connectivity index (χ3v) is 4.27. The number of halogens is 1. The number of ether oxygens (including phenoxy) is 1. The van der Waals surface area contributed by atoms with Gasteiger partial charge in [-0.05, 0) is 31.4 Å². The molecule has 1 heterocycles. The van der Waals surface area contributed by atoms with Gasteiger partial charge in [0.15, 0.2) is 0 Å². The Balaban J connectivity index is 1.77. The molecule has 0 radical (unpaired) electrons. The molecule has 1 aromatic heterocycles. The number of fused-ring (bicyclic) bond motifs is 1. The maximum absolute atomic E-state index is 13.7. The second-order valence-corrected chi connectivity index (χ2v) is 5.66. The number of para-hydroxylation sites is 1. The molecule has 1 aliphatic rings. The van der Waals surface area contributed by atoms with E-state index in [1.54, 1.807) is 25.3 Å². The maximum atomic E-state index is 13.7. The van der Waals surface area contributed by atoms with Gasteiger partial charge < -0.3 is 20.1 Å². The fourth-order valence-electron chi connectivity index (χ4n) is 3.04. The van der Waals surface area contributed by atoms with E-state index in [4.69, 9.17) is 4.74 Å². The lowest BCUT2D eigenvalue weighted by Gasteiger charge is -2.34. The SMILES string of the molecule is CO[C@@H]1CCC[C@@H](NC(=O)c2cc3cccc(F)c3[nH]2)[C@H]1O. The predicted molar refractivity (Wildman–Crippen MR) is 80.2 cm³/mol. The lowest BCUT2D eigenvalue weighted by molar-refractivity contribution is -0.0513. The zero-order valence-electron chi connectivity index (χ0n) is 12.3. The van der Waals surface area contributed by atoms with Crippen molar-refractivity contribution in [2.45, 2.75) is 37.5 Å². The summed E-state index contributed by atoms with van der Waals surface area (Å²) in [7, 11) is 1.55. The van der Waals surface area contributed by atoms with Crippen LogP contribution in [0.15, 0.2) is 24.3 Å². The van der Waals surface area contributed by atoms with Crippen molar-refractivity contribution in [2.75, 3.05) is 7.11 Å². The minimum atomic E-state index is -0.733. The average Bonchev–Trinajstić information content (AvgIpc) is 2.95.